The molecule has 0 radical (unpaired) electrons. The predicted octanol–water partition coefficient (Wildman–Crippen LogP) is 3.52. The number of likely N-dealkylation sites (tertiary alicyclic amines) is 1. The first-order valence-electron chi connectivity index (χ1n) is 8.85. The second-order valence-corrected chi connectivity index (χ2v) is 7.21. The van der Waals surface area contributed by atoms with E-state index in [4.69, 9.17) is 16.3 Å². The van der Waals surface area contributed by atoms with Crippen molar-refractivity contribution in [3.63, 3.8) is 0 Å². The zero-order valence-corrected chi connectivity index (χ0v) is 15.6. The number of hydrogen-bond acceptors (Lipinski definition) is 3. The van der Waals surface area contributed by atoms with Crippen molar-refractivity contribution >= 4 is 17.6 Å². The highest BCUT2D eigenvalue weighted by atomic mass is 35.5. The highest BCUT2D eigenvalue weighted by molar-refractivity contribution is 6.30. The Labute approximate surface area is 157 Å². The molecular weight excluding hydrogens is 364 g/mol. The van der Waals surface area contributed by atoms with E-state index in [1.807, 2.05) is 6.92 Å². The molecule has 1 aromatic carbocycles. The van der Waals surface area contributed by atoms with E-state index in [1.165, 1.54) is 12.1 Å². The predicted molar refractivity (Wildman–Crippen MR) is 97.0 cm³/mol. The molecule has 0 amide bonds. The van der Waals surface area contributed by atoms with Crippen molar-refractivity contribution in [3.05, 3.63) is 28.8 Å². The molecule has 5 nitrogen and oxygen atoms in total. The van der Waals surface area contributed by atoms with E-state index >= 15 is 0 Å². The normalized spacial score (nSPS) is 23.3. The summed E-state index contributed by atoms with van der Waals surface area (Å²) >= 11 is 6.01. The van der Waals surface area contributed by atoms with Gasteiger partial charge in [0.15, 0.2) is 5.96 Å². The van der Waals surface area contributed by atoms with Crippen LogP contribution < -0.4 is 10.1 Å². The first kappa shape index (κ1) is 19.2. The number of nitrogens with one attached hydrogen (secondary N) is 1. The lowest BCUT2D eigenvalue weighted by Gasteiger charge is -2.25. The molecule has 8 heteroatoms. The molecule has 3 rings (SSSR count). The summed E-state index contributed by atoms with van der Waals surface area (Å²) in [6, 6.07) is 4.59. The maximum atomic E-state index is 12.6. The minimum Gasteiger partial charge on any atom is -0.434 e. The van der Waals surface area contributed by atoms with Crippen LogP contribution >= 0.6 is 11.6 Å². The van der Waals surface area contributed by atoms with Crippen molar-refractivity contribution in [1.82, 2.24) is 10.2 Å². The molecule has 1 spiro atoms. The first-order valence-corrected chi connectivity index (χ1v) is 9.23. The van der Waals surface area contributed by atoms with Crippen molar-refractivity contribution in [2.75, 3.05) is 32.8 Å². The summed E-state index contributed by atoms with van der Waals surface area (Å²) in [7, 11) is 0. The number of rotatable bonds is 5. The SMILES string of the molecule is CCNC(=NCc1cc(Cl)ccc1OC(F)F)N1CCC2(CCOC2)C1. The number of guanidine groups is 1. The van der Waals surface area contributed by atoms with Gasteiger partial charge in [-0.1, -0.05) is 11.6 Å². The number of nitrogens with zero attached hydrogens (tertiary/aromatic N) is 2. The van der Waals surface area contributed by atoms with E-state index in [9.17, 15) is 8.78 Å². The van der Waals surface area contributed by atoms with Gasteiger partial charge in [0.05, 0.1) is 13.2 Å². The molecule has 1 N–H and O–H groups in total. The van der Waals surface area contributed by atoms with Crippen LogP contribution in [0.15, 0.2) is 23.2 Å². The average molecular weight is 388 g/mol. The van der Waals surface area contributed by atoms with Crippen molar-refractivity contribution in [2.45, 2.75) is 32.9 Å². The van der Waals surface area contributed by atoms with Crippen LogP contribution in [0.1, 0.15) is 25.3 Å². The molecule has 0 aromatic heterocycles. The molecular formula is C18H24ClF2N3O2. The van der Waals surface area contributed by atoms with Gasteiger partial charge in [-0.05, 0) is 38.0 Å². The fraction of sp³-hybridized carbons (Fsp3) is 0.611. The molecule has 2 fully saturated rings. The fourth-order valence-corrected chi connectivity index (χ4v) is 3.75. The molecule has 1 unspecified atom stereocenters. The van der Waals surface area contributed by atoms with Crippen molar-refractivity contribution in [3.8, 4) is 5.75 Å². The van der Waals surface area contributed by atoms with Crippen molar-refractivity contribution in [1.29, 1.82) is 0 Å². The number of alkyl halides is 2. The second-order valence-electron chi connectivity index (χ2n) is 6.77. The minimum absolute atomic E-state index is 0.103. The Hall–Kier alpha value is -1.60. The van der Waals surface area contributed by atoms with Crippen LogP contribution in [0, 0.1) is 5.41 Å². The van der Waals surface area contributed by atoms with Crippen LogP contribution in [0.5, 0.6) is 5.75 Å². The molecule has 26 heavy (non-hydrogen) atoms. The fourth-order valence-electron chi connectivity index (χ4n) is 3.56. The van der Waals surface area contributed by atoms with Gasteiger partial charge in [0.2, 0.25) is 0 Å². The van der Waals surface area contributed by atoms with Gasteiger partial charge in [0, 0.05) is 42.2 Å². The van der Waals surface area contributed by atoms with Crippen LogP contribution in [0.25, 0.3) is 0 Å². The van der Waals surface area contributed by atoms with E-state index in [0.29, 0.717) is 10.6 Å². The van der Waals surface area contributed by atoms with Gasteiger partial charge in [0.1, 0.15) is 5.75 Å². The van der Waals surface area contributed by atoms with E-state index in [-0.39, 0.29) is 17.7 Å². The third-order valence-electron chi connectivity index (χ3n) is 4.90. The lowest BCUT2D eigenvalue weighted by Crippen LogP contribution is -2.41. The topological polar surface area (TPSA) is 46.1 Å². The summed E-state index contributed by atoms with van der Waals surface area (Å²) in [5.74, 6) is 0.880. The number of benzene rings is 1. The number of hydrogen-bond donors (Lipinski definition) is 1. The Balaban J connectivity index is 1.75. The molecule has 2 heterocycles. The largest absolute Gasteiger partial charge is 0.434 e. The van der Waals surface area contributed by atoms with Gasteiger partial charge >= 0.3 is 6.61 Å². The smallest absolute Gasteiger partial charge is 0.387 e. The number of halogens is 3. The van der Waals surface area contributed by atoms with Crippen LogP contribution in [0.2, 0.25) is 5.02 Å². The molecule has 2 aliphatic rings. The zero-order chi connectivity index (χ0) is 18.6. The lowest BCUT2D eigenvalue weighted by molar-refractivity contribution is -0.0504. The molecule has 0 saturated carbocycles. The molecule has 0 bridgehead atoms. The third kappa shape index (κ3) is 4.57. The standard InChI is InChI=1S/C18H24ClF2N3O2/c1-2-22-17(24-7-5-18(11-24)6-8-25-12-18)23-10-13-9-14(19)3-4-15(13)26-16(20)21/h3-4,9,16H,2,5-8,10-12H2,1H3,(H,22,23). The van der Waals surface area contributed by atoms with Gasteiger partial charge in [-0.25, -0.2) is 4.99 Å². The maximum Gasteiger partial charge on any atom is 0.387 e. The molecule has 1 atom stereocenters. The van der Waals surface area contributed by atoms with Crippen LogP contribution in [-0.2, 0) is 11.3 Å². The maximum absolute atomic E-state index is 12.6. The highest BCUT2D eigenvalue weighted by Crippen LogP contribution is 2.38. The third-order valence-corrected chi connectivity index (χ3v) is 5.13. The summed E-state index contributed by atoms with van der Waals surface area (Å²) in [6.45, 7) is 3.49. The summed E-state index contributed by atoms with van der Waals surface area (Å²) in [5.41, 5.74) is 0.752. The second kappa shape index (κ2) is 8.39. The average Bonchev–Trinajstić information content (AvgIpc) is 3.23. The summed E-state index contributed by atoms with van der Waals surface area (Å²) < 4.78 is 35.4. The molecule has 1 aromatic rings. The lowest BCUT2D eigenvalue weighted by atomic mass is 9.87. The van der Waals surface area contributed by atoms with Gasteiger partial charge in [0.25, 0.3) is 0 Å². The Kier molecular flexibility index (Phi) is 6.19. The Morgan fingerprint density at radius 3 is 3.00 bits per heavy atom. The van der Waals surface area contributed by atoms with Gasteiger partial charge < -0.3 is 19.7 Å². The zero-order valence-electron chi connectivity index (χ0n) is 14.8. The van der Waals surface area contributed by atoms with E-state index < -0.39 is 6.61 Å². The van der Waals surface area contributed by atoms with Crippen LogP contribution in [-0.4, -0.2) is 50.3 Å². The number of aliphatic imine (C=N–C) groups is 1. The molecule has 2 aliphatic heterocycles. The summed E-state index contributed by atoms with van der Waals surface area (Å²) in [5, 5.41) is 3.75. The van der Waals surface area contributed by atoms with Crippen LogP contribution in [0.4, 0.5) is 8.78 Å². The van der Waals surface area contributed by atoms with Crippen molar-refractivity contribution < 1.29 is 18.3 Å². The van der Waals surface area contributed by atoms with Crippen LogP contribution in [0.3, 0.4) is 0 Å². The molecule has 2 saturated heterocycles. The monoisotopic (exact) mass is 387 g/mol. The van der Waals surface area contributed by atoms with Gasteiger partial charge in [-0.3, -0.25) is 0 Å². The van der Waals surface area contributed by atoms with Gasteiger partial charge in [-0.15, -0.1) is 0 Å². The molecule has 144 valence electrons. The highest BCUT2D eigenvalue weighted by Gasteiger charge is 2.42. The van der Waals surface area contributed by atoms with E-state index in [0.717, 1.165) is 51.6 Å². The van der Waals surface area contributed by atoms with E-state index in [1.54, 1.807) is 6.07 Å². The Morgan fingerprint density at radius 1 is 1.46 bits per heavy atom. The Bertz CT molecular complexity index is 651. The minimum atomic E-state index is -2.88. The van der Waals surface area contributed by atoms with Crippen molar-refractivity contribution in [2.24, 2.45) is 10.4 Å². The number of ether oxygens (including phenoxy) is 2. The Morgan fingerprint density at radius 2 is 2.31 bits per heavy atom. The first-order chi connectivity index (χ1) is 12.5. The van der Waals surface area contributed by atoms with Gasteiger partial charge in [-0.2, -0.15) is 8.78 Å². The molecule has 0 aliphatic carbocycles. The summed E-state index contributed by atoms with van der Waals surface area (Å²) in [6.07, 6.45) is 2.15. The quantitative estimate of drug-likeness (QED) is 0.620. The van der Waals surface area contributed by atoms with E-state index in [2.05, 4.69) is 19.9 Å². The summed E-state index contributed by atoms with van der Waals surface area (Å²) in [4.78, 5) is 6.86.